The van der Waals surface area contributed by atoms with Crippen LogP contribution >= 0.6 is 0 Å². The number of ether oxygens (including phenoxy) is 1. The van der Waals surface area contributed by atoms with E-state index in [-0.39, 0.29) is 12.7 Å². The number of alkyl halides is 3. The lowest BCUT2D eigenvalue weighted by molar-refractivity contribution is -0.149. The third-order valence-electron chi connectivity index (χ3n) is 1.81. The lowest BCUT2D eigenvalue weighted by Gasteiger charge is -2.15. The molecule has 1 atom stereocenters. The lowest BCUT2D eigenvalue weighted by Crippen LogP contribution is -2.17. The van der Waals surface area contributed by atoms with Crippen molar-refractivity contribution in [1.82, 2.24) is 0 Å². The average Bonchev–Trinajstić information content (AvgIpc) is 2.01. The molecule has 0 aromatic carbocycles. The van der Waals surface area contributed by atoms with Gasteiger partial charge >= 0.3 is 6.18 Å². The molecule has 0 radical (unpaired) electrons. The van der Waals surface area contributed by atoms with Crippen LogP contribution in [0.15, 0.2) is 0 Å². The van der Waals surface area contributed by atoms with E-state index in [0.717, 1.165) is 19.3 Å². The maximum Gasteiger partial charge on any atom is 0.391 e. The molecule has 0 rings (SSSR count). The molecule has 13 heavy (non-hydrogen) atoms. The van der Waals surface area contributed by atoms with E-state index in [4.69, 9.17) is 4.74 Å². The molecule has 0 heterocycles. The quantitative estimate of drug-likeness (QED) is 0.634. The van der Waals surface area contributed by atoms with Crippen molar-refractivity contribution in [1.29, 1.82) is 0 Å². The van der Waals surface area contributed by atoms with Gasteiger partial charge in [0, 0.05) is 0 Å². The minimum atomic E-state index is -4.09. The number of halogens is 3. The summed E-state index contributed by atoms with van der Waals surface area (Å²) in [6.07, 6.45) is -2.37. The predicted octanol–water partition coefficient (Wildman–Crippen LogP) is 3.53. The van der Waals surface area contributed by atoms with Gasteiger partial charge in [0.2, 0.25) is 0 Å². The fraction of sp³-hybridized carbons (Fsp3) is 1.00. The Hall–Kier alpha value is -0.250. The summed E-state index contributed by atoms with van der Waals surface area (Å²) in [6.45, 7) is 3.71. The molecule has 0 fully saturated rings. The zero-order valence-electron chi connectivity index (χ0n) is 8.16. The van der Waals surface area contributed by atoms with Crippen molar-refractivity contribution in [2.45, 2.75) is 51.8 Å². The summed E-state index contributed by atoms with van der Waals surface area (Å²) in [5.41, 5.74) is 0. The molecule has 1 nitrogen and oxygen atoms in total. The highest BCUT2D eigenvalue weighted by Crippen LogP contribution is 2.20. The SMILES string of the molecule is CCCC(CC)OCCC(F)(F)F. The van der Waals surface area contributed by atoms with Crippen LogP contribution in [0.1, 0.15) is 39.5 Å². The third-order valence-corrected chi connectivity index (χ3v) is 1.81. The average molecular weight is 198 g/mol. The second kappa shape index (κ2) is 6.24. The maximum absolute atomic E-state index is 11.7. The van der Waals surface area contributed by atoms with E-state index in [9.17, 15) is 13.2 Å². The molecule has 0 saturated carbocycles. The maximum atomic E-state index is 11.7. The Morgan fingerprint density at radius 1 is 1.23 bits per heavy atom. The monoisotopic (exact) mass is 198 g/mol. The van der Waals surface area contributed by atoms with Crippen molar-refractivity contribution in [3.05, 3.63) is 0 Å². The Morgan fingerprint density at radius 3 is 2.23 bits per heavy atom. The largest absolute Gasteiger partial charge is 0.391 e. The molecule has 4 heteroatoms. The van der Waals surface area contributed by atoms with E-state index in [1.807, 2.05) is 13.8 Å². The molecule has 0 aliphatic rings. The highest BCUT2D eigenvalue weighted by Gasteiger charge is 2.26. The van der Waals surface area contributed by atoms with Gasteiger partial charge in [-0.1, -0.05) is 20.3 Å². The fourth-order valence-corrected chi connectivity index (χ4v) is 1.07. The number of rotatable bonds is 6. The molecule has 0 aliphatic heterocycles. The summed E-state index contributed by atoms with van der Waals surface area (Å²) in [4.78, 5) is 0. The Balaban J connectivity index is 3.49. The van der Waals surface area contributed by atoms with Gasteiger partial charge in [-0.15, -0.1) is 0 Å². The molecular weight excluding hydrogens is 181 g/mol. The van der Waals surface area contributed by atoms with Gasteiger partial charge in [-0.3, -0.25) is 0 Å². The van der Waals surface area contributed by atoms with Gasteiger partial charge in [0.15, 0.2) is 0 Å². The summed E-state index contributed by atoms with van der Waals surface area (Å²) in [5, 5.41) is 0. The highest BCUT2D eigenvalue weighted by atomic mass is 19.4. The number of hydrogen-bond donors (Lipinski definition) is 0. The molecule has 0 amide bonds. The minimum absolute atomic E-state index is 0.00708. The van der Waals surface area contributed by atoms with Crippen molar-refractivity contribution < 1.29 is 17.9 Å². The van der Waals surface area contributed by atoms with Crippen LogP contribution < -0.4 is 0 Å². The number of hydrogen-bond acceptors (Lipinski definition) is 1. The first-order chi connectivity index (χ1) is 5.99. The highest BCUT2D eigenvalue weighted by molar-refractivity contribution is 4.55. The van der Waals surface area contributed by atoms with Gasteiger partial charge in [-0.2, -0.15) is 13.2 Å². The molecule has 0 saturated heterocycles. The van der Waals surface area contributed by atoms with Gasteiger partial charge in [-0.05, 0) is 12.8 Å². The van der Waals surface area contributed by atoms with Crippen molar-refractivity contribution in [2.75, 3.05) is 6.61 Å². The van der Waals surface area contributed by atoms with Crippen molar-refractivity contribution in [2.24, 2.45) is 0 Å². The van der Waals surface area contributed by atoms with E-state index >= 15 is 0 Å². The van der Waals surface area contributed by atoms with Crippen molar-refractivity contribution in [3.8, 4) is 0 Å². The van der Waals surface area contributed by atoms with Gasteiger partial charge < -0.3 is 4.74 Å². The van der Waals surface area contributed by atoms with Crippen LogP contribution in [0, 0.1) is 0 Å². The van der Waals surface area contributed by atoms with E-state index in [0.29, 0.717) is 0 Å². The first-order valence-electron chi connectivity index (χ1n) is 4.68. The van der Waals surface area contributed by atoms with E-state index in [1.165, 1.54) is 0 Å². The second-order valence-electron chi connectivity index (χ2n) is 3.05. The first kappa shape index (κ1) is 12.8. The van der Waals surface area contributed by atoms with Crippen LogP contribution in [0.5, 0.6) is 0 Å². The van der Waals surface area contributed by atoms with Crippen molar-refractivity contribution >= 4 is 0 Å². The van der Waals surface area contributed by atoms with Gasteiger partial charge in [0.25, 0.3) is 0 Å². The smallest absolute Gasteiger partial charge is 0.378 e. The first-order valence-corrected chi connectivity index (χ1v) is 4.68. The Labute approximate surface area is 77.3 Å². The Bertz CT molecular complexity index is 123. The molecule has 0 aromatic rings. The third kappa shape index (κ3) is 8.09. The lowest BCUT2D eigenvalue weighted by atomic mass is 10.1. The molecule has 80 valence electrons. The van der Waals surface area contributed by atoms with Gasteiger partial charge in [0.05, 0.1) is 19.1 Å². The zero-order chi connectivity index (χ0) is 10.3. The standard InChI is InChI=1S/C9H17F3O/c1-3-5-8(4-2)13-7-6-9(10,11)12/h8H,3-7H2,1-2H3. The Kier molecular flexibility index (Phi) is 6.12. The summed E-state index contributed by atoms with van der Waals surface area (Å²) in [5.74, 6) is 0. The Morgan fingerprint density at radius 2 is 1.85 bits per heavy atom. The van der Waals surface area contributed by atoms with E-state index in [2.05, 4.69) is 0 Å². The van der Waals surface area contributed by atoms with Crippen LogP contribution in [0.4, 0.5) is 13.2 Å². The van der Waals surface area contributed by atoms with Crippen LogP contribution in [-0.2, 0) is 4.74 Å². The molecule has 0 bridgehead atoms. The van der Waals surface area contributed by atoms with Crippen molar-refractivity contribution in [3.63, 3.8) is 0 Å². The van der Waals surface area contributed by atoms with Gasteiger partial charge in [-0.25, -0.2) is 0 Å². The van der Waals surface area contributed by atoms with Crippen LogP contribution in [0.3, 0.4) is 0 Å². The predicted molar refractivity (Wildman–Crippen MR) is 45.6 cm³/mol. The molecule has 1 unspecified atom stereocenters. The summed E-state index contributed by atoms with van der Waals surface area (Å²) in [7, 11) is 0. The normalized spacial score (nSPS) is 14.5. The molecule has 0 aliphatic carbocycles. The second-order valence-corrected chi connectivity index (χ2v) is 3.05. The van der Waals surface area contributed by atoms with Crippen LogP contribution in [0.2, 0.25) is 0 Å². The van der Waals surface area contributed by atoms with E-state index in [1.54, 1.807) is 0 Å². The molecule has 0 aromatic heterocycles. The summed E-state index contributed by atoms with van der Waals surface area (Å²) < 4.78 is 40.2. The minimum Gasteiger partial charge on any atom is -0.378 e. The van der Waals surface area contributed by atoms with Gasteiger partial charge in [0.1, 0.15) is 0 Å². The fourth-order valence-electron chi connectivity index (χ4n) is 1.07. The summed E-state index contributed by atoms with van der Waals surface area (Å²) in [6, 6.07) is 0. The summed E-state index contributed by atoms with van der Waals surface area (Å²) >= 11 is 0. The molecular formula is C9H17F3O. The zero-order valence-corrected chi connectivity index (χ0v) is 8.16. The molecule has 0 N–H and O–H groups in total. The molecule has 0 spiro atoms. The van der Waals surface area contributed by atoms with E-state index < -0.39 is 12.6 Å². The van der Waals surface area contributed by atoms with Crippen LogP contribution in [-0.4, -0.2) is 18.9 Å². The van der Waals surface area contributed by atoms with Crippen LogP contribution in [0.25, 0.3) is 0 Å². The topological polar surface area (TPSA) is 9.23 Å².